The Kier molecular flexibility index (Phi) is 10.5. The van der Waals surface area contributed by atoms with Gasteiger partial charge in [0, 0.05) is 24.0 Å². The van der Waals surface area contributed by atoms with Crippen molar-refractivity contribution in [2.75, 3.05) is 19.7 Å². The van der Waals surface area contributed by atoms with E-state index in [4.69, 9.17) is 32.7 Å². The van der Waals surface area contributed by atoms with Gasteiger partial charge in [0.25, 0.3) is 0 Å². The van der Waals surface area contributed by atoms with Gasteiger partial charge in [0.1, 0.15) is 0 Å². The van der Waals surface area contributed by atoms with Crippen LogP contribution in [0.1, 0.15) is 52.4 Å². The second-order valence-corrected chi connectivity index (χ2v) is 13.0. The van der Waals surface area contributed by atoms with E-state index in [2.05, 4.69) is 10.5 Å². The van der Waals surface area contributed by atoms with Gasteiger partial charge in [-0.2, -0.15) is 9.41 Å². The SMILES string of the molecule is CCOc1cc(/C=N/NC(=O)C2CCN(S(=O)(=O)c3c(C)cc(C)cc3C)CC2)ccc1OC(=O)c1ccc(Cl)cc1Cl. The zero-order valence-electron chi connectivity index (χ0n) is 24.3. The summed E-state index contributed by atoms with van der Waals surface area (Å²) < 4.78 is 39.3. The standard InChI is InChI=1S/C31H33Cl2N3O6S/c1-5-41-28-16-22(6-9-27(28)42-31(38)25-8-7-24(32)17-26(25)33)18-34-35-30(37)23-10-12-36(13-11-23)43(39,40)29-20(3)14-19(2)15-21(29)4/h6-9,14-18,23H,5,10-13H2,1-4H3,(H,35,37)/b34-18+. The minimum absolute atomic E-state index is 0.158. The summed E-state index contributed by atoms with van der Waals surface area (Å²) in [6.45, 7) is 8.16. The molecule has 228 valence electrons. The van der Waals surface area contributed by atoms with Crippen LogP contribution in [-0.4, -0.2) is 50.5 Å². The molecule has 1 saturated heterocycles. The molecule has 3 aromatic rings. The molecule has 3 aromatic carbocycles. The second-order valence-electron chi connectivity index (χ2n) is 10.3. The van der Waals surface area contributed by atoms with Gasteiger partial charge in [-0.05, 0) is 93.6 Å². The predicted molar refractivity (Wildman–Crippen MR) is 167 cm³/mol. The number of rotatable bonds is 9. The zero-order chi connectivity index (χ0) is 31.3. The molecular weight excluding hydrogens is 613 g/mol. The monoisotopic (exact) mass is 645 g/mol. The highest BCUT2D eigenvalue weighted by atomic mass is 35.5. The zero-order valence-corrected chi connectivity index (χ0v) is 26.6. The van der Waals surface area contributed by atoms with E-state index in [9.17, 15) is 18.0 Å². The Bertz CT molecular complexity index is 1640. The molecule has 1 aliphatic rings. The van der Waals surface area contributed by atoms with Crippen molar-refractivity contribution in [2.24, 2.45) is 11.0 Å². The van der Waals surface area contributed by atoms with Crippen molar-refractivity contribution >= 4 is 51.3 Å². The molecule has 43 heavy (non-hydrogen) atoms. The van der Waals surface area contributed by atoms with Gasteiger partial charge in [0.2, 0.25) is 15.9 Å². The number of esters is 1. The number of hydrazone groups is 1. The van der Waals surface area contributed by atoms with Crippen molar-refractivity contribution in [1.29, 1.82) is 0 Å². The maximum atomic E-state index is 13.4. The van der Waals surface area contributed by atoms with Gasteiger partial charge in [-0.1, -0.05) is 40.9 Å². The van der Waals surface area contributed by atoms with Gasteiger partial charge < -0.3 is 9.47 Å². The minimum atomic E-state index is -3.67. The predicted octanol–water partition coefficient (Wildman–Crippen LogP) is 6.09. The lowest BCUT2D eigenvalue weighted by Crippen LogP contribution is -2.42. The average Bonchev–Trinajstić information content (AvgIpc) is 2.93. The largest absolute Gasteiger partial charge is 0.490 e. The van der Waals surface area contributed by atoms with E-state index < -0.39 is 16.0 Å². The van der Waals surface area contributed by atoms with E-state index >= 15 is 0 Å². The van der Waals surface area contributed by atoms with E-state index in [-0.39, 0.29) is 41.3 Å². The summed E-state index contributed by atoms with van der Waals surface area (Å²) in [5.74, 6) is -0.824. The molecular formula is C31H33Cl2N3O6S. The molecule has 9 nitrogen and oxygen atoms in total. The smallest absolute Gasteiger partial charge is 0.345 e. The van der Waals surface area contributed by atoms with Crippen molar-refractivity contribution in [1.82, 2.24) is 9.73 Å². The number of ether oxygens (including phenoxy) is 2. The first-order valence-corrected chi connectivity index (χ1v) is 15.9. The number of hydrogen-bond donors (Lipinski definition) is 1. The highest BCUT2D eigenvalue weighted by Gasteiger charge is 2.33. The van der Waals surface area contributed by atoms with Crippen LogP contribution in [0.15, 0.2) is 58.5 Å². The van der Waals surface area contributed by atoms with Crippen LogP contribution >= 0.6 is 23.2 Å². The van der Waals surface area contributed by atoms with Gasteiger partial charge in [0.15, 0.2) is 11.5 Å². The molecule has 1 amide bonds. The minimum Gasteiger partial charge on any atom is -0.490 e. The lowest BCUT2D eigenvalue weighted by Gasteiger charge is -2.31. The molecule has 1 N–H and O–H groups in total. The number of aryl methyl sites for hydroxylation is 3. The molecule has 0 spiro atoms. The van der Waals surface area contributed by atoms with Gasteiger partial charge in [-0.15, -0.1) is 0 Å². The molecule has 0 unspecified atom stereocenters. The quantitative estimate of drug-likeness (QED) is 0.130. The molecule has 0 atom stereocenters. The van der Waals surface area contributed by atoms with Gasteiger partial charge in [-0.3, -0.25) is 4.79 Å². The Morgan fingerprint density at radius 3 is 2.30 bits per heavy atom. The summed E-state index contributed by atoms with van der Waals surface area (Å²) in [5, 5.41) is 4.64. The molecule has 1 aliphatic heterocycles. The van der Waals surface area contributed by atoms with E-state index in [1.165, 1.54) is 22.7 Å². The topological polar surface area (TPSA) is 114 Å². The number of sulfonamides is 1. The lowest BCUT2D eigenvalue weighted by molar-refractivity contribution is -0.126. The highest BCUT2D eigenvalue weighted by Crippen LogP contribution is 2.31. The Morgan fingerprint density at radius 1 is 1.00 bits per heavy atom. The van der Waals surface area contributed by atoms with Crippen LogP contribution in [-0.2, 0) is 14.8 Å². The highest BCUT2D eigenvalue weighted by molar-refractivity contribution is 7.89. The van der Waals surface area contributed by atoms with Crippen LogP contribution in [0.5, 0.6) is 11.5 Å². The van der Waals surface area contributed by atoms with Crippen molar-refractivity contribution in [3.05, 3.63) is 86.4 Å². The van der Waals surface area contributed by atoms with Crippen LogP contribution in [0.4, 0.5) is 0 Å². The van der Waals surface area contributed by atoms with E-state index in [1.54, 1.807) is 45.0 Å². The molecule has 0 bridgehead atoms. The summed E-state index contributed by atoms with van der Waals surface area (Å²) in [5.41, 5.74) is 5.75. The lowest BCUT2D eigenvalue weighted by atomic mass is 9.98. The molecule has 0 aliphatic carbocycles. The fourth-order valence-corrected chi connectivity index (χ4v) is 7.46. The van der Waals surface area contributed by atoms with E-state index in [0.717, 1.165) is 16.7 Å². The Morgan fingerprint density at radius 2 is 1.67 bits per heavy atom. The third-order valence-corrected chi connectivity index (χ3v) is 9.79. The molecule has 12 heteroatoms. The van der Waals surface area contributed by atoms with Crippen molar-refractivity contribution in [3.63, 3.8) is 0 Å². The maximum absolute atomic E-state index is 13.4. The number of benzene rings is 3. The molecule has 1 heterocycles. The first kappa shape index (κ1) is 32.5. The van der Waals surface area contributed by atoms with Crippen molar-refractivity contribution in [3.8, 4) is 11.5 Å². The van der Waals surface area contributed by atoms with Crippen LogP contribution in [0.25, 0.3) is 0 Å². The number of nitrogens with zero attached hydrogens (tertiary/aromatic N) is 2. The van der Waals surface area contributed by atoms with Crippen LogP contribution < -0.4 is 14.9 Å². The summed E-state index contributed by atoms with van der Waals surface area (Å²) in [7, 11) is -3.67. The first-order valence-electron chi connectivity index (χ1n) is 13.8. The average molecular weight is 647 g/mol. The molecule has 1 fully saturated rings. The number of piperidine rings is 1. The number of carbonyl (C=O) groups is 2. The Labute approximate surface area is 261 Å². The van der Waals surface area contributed by atoms with Crippen molar-refractivity contribution < 1.29 is 27.5 Å². The summed E-state index contributed by atoms with van der Waals surface area (Å²) in [6, 6.07) is 13.1. The van der Waals surface area contributed by atoms with Crippen LogP contribution in [0.3, 0.4) is 0 Å². The summed E-state index contributed by atoms with van der Waals surface area (Å²) in [4.78, 5) is 25.8. The number of halogens is 2. The third-order valence-electron chi connectivity index (χ3n) is 7.04. The number of carbonyl (C=O) groups excluding carboxylic acids is 2. The summed E-state index contributed by atoms with van der Waals surface area (Å²) in [6.07, 6.45) is 2.22. The van der Waals surface area contributed by atoms with Gasteiger partial charge >= 0.3 is 5.97 Å². The fourth-order valence-electron chi connectivity index (χ4n) is 5.09. The fraction of sp³-hybridized carbons (Fsp3) is 0.323. The molecule has 4 rings (SSSR count). The second kappa shape index (κ2) is 13.9. The molecule has 0 saturated carbocycles. The molecule has 0 aromatic heterocycles. The maximum Gasteiger partial charge on any atom is 0.345 e. The Hall–Kier alpha value is -3.44. The van der Waals surface area contributed by atoms with Crippen LogP contribution in [0, 0.1) is 26.7 Å². The summed E-state index contributed by atoms with van der Waals surface area (Å²) >= 11 is 12.0. The van der Waals surface area contributed by atoms with Crippen molar-refractivity contribution in [2.45, 2.75) is 45.4 Å². The number of amides is 1. The van der Waals surface area contributed by atoms with Crippen LogP contribution in [0.2, 0.25) is 10.0 Å². The number of nitrogens with one attached hydrogen (secondary N) is 1. The normalized spacial score (nSPS) is 14.6. The molecule has 0 radical (unpaired) electrons. The van der Waals surface area contributed by atoms with E-state index in [1.807, 2.05) is 19.1 Å². The first-order chi connectivity index (χ1) is 20.4. The van der Waals surface area contributed by atoms with Gasteiger partial charge in [0.05, 0.1) is 28.3 Å². The third kappa shape index (κ3) is 7.75. The van der Waals surface area contributed by atoms with E-state index in [0.29, 0.717) is 40.7 Å². The van der Waals surface area contributed by atoms with Gasteiger partial charge in [-0.25, -0.2) is 18.6 Å². The number of hydrogen-bond acceptors (Lipinski definition) is 7. The Balaban J connectivity index is 1.36.